The van der Waals surface area contributed by atoms with Crippen LogP contribution in [0.15, 0.2) is 0 Å². The van der Waals surface area contributed by atoms with E-state index in [2.05, 4.69) is 23.6 Å². The molecule has 0 aromatic carbocycles. The van der Waals surface area contributed by atoms with Crippen LogP contribution in [-0.2, 0) is 9.53 Å². The summed E-state index contributed by atoms with van der Waals surface area (Å²) >= 11 is 0. The van der Waals surface area contributed by atoms with Crippen LogP contribution in [0.25, 0.3) is 0 Å². The second kappa shape index (κ2) is 12.8. The number of hydrogen-bond acceptors (Lipinski definition) is 5. The van der Waals surface area contributed by atoms with Gasteiger partial charge in [0.15, 0.2) is 0 Å². The molecule has 0 spiro atoms. The van der Waals surface area contributed by atoms with Gasteiger partial charge in [0.2, 0.25) is 5.91 Å². The zero-order valence-corrected chi connectivity index (χ0v) is 19.8. The number of carbonyl (C=O) groups excluding carboxylic acids is 1. The smallest absolute Gasteiger partial charge is 0.242 e. The maximum atomic E-state index is 12.8. The van der Waals surface area contributed by atoms with Crippen LogP contribution in [0.2, 0.25) is 0 Å². The minimum Gasteiger partial charge on any atom is -0.374 e. The summed E-state index contributed by atoms with van der Waals surface area (Å²) in [6, 6.07) is 0.581. The number of morpholine rings is 1. The minimum atomic E-state index is -0.593. The van der Waals surface area contributed by atoms with Crippen molar-refractivity contribution < 1.29 is 9.53 Å². The van der Waals surface area contributed by atoms with Crippen LogP contribution in [-0.4, -0.2) is 90.7 Å². The zero-order chi connectivity index (χ0) is 17.9. The number of nitrogens with two attached hydrogens (primary N) is 1. The lowest BCUT2D eigenvalue weighted by Gasteiger charge is -2.42. The predicted molar refractivity (Wildman–Crippen MR) is 121 cm³/mol. The zero-order valence-electron chi connectivity index (χ0n) is 17.3. The summed E-state index contributed by atoms with van der Waals surface area (Å²) in [6.45, 7) is 11.8. The maximum absolute atomic E-state index is 12.8. The molecule has 6 nitrogen and oxygen atoms in total. The summed E-state index contributed by atoms with van der Waals surface area (Å²) in [6.07, 6.45) is 5.40. The number of piperazine rings is 1. The average molecular weight is 462 g/mol. The van der Waals surface area contributed by atoms with Gasteiger partial charge in [-0.2, -0.15) is 0 Å². The third kappa shape index (κ3) is 7.15. The summed E-state index contributed by atoms with van der Waals surface area (Å²) in [5.41, 5.74) is 5.84. The number of ether oxygens (including phenoxy) is 1. The summed E-state index contributed by atoms with van der Waals surface area (Å²) in [4.78, 5) is 19.8. The van der Waals surface area contributed by atoms with Gasteiger partial charge in [-0.1, -0.05) is 19.3 Å². The van der Waals surface area contributed by atoms with Crippen LogP contribution in [0.3, 0.4) is 0 Å². The van der Waals surface area contributed by atoms with E-state index < -0.39 is 5.54 Å². The van der Waals surface area contributed by atoms with Gasteiger partial charge in [-0.3, -0.25) is 14.6 Å². The molecule has 168 valence electrons. The van der Waals surface area contributed by atoms with Gasteiger partial charge in [0, 0.05) is 51.9 Å². The van der Waals surface area contributed by atoms with Crippen LogP contribution in [0.1, 0.15) is 46.0 Å². The molecule has 3 fully saturated rings. The molecule has 28 heavy (non-hydrogen) atoms. The second-order valence-electron chi connectivity index (χ2n) is 8.39. The van der Waals surface area contributed by atoms with E-state index in [9.17, 15) is 4.79 Å². The molecular formula is C19H39Cl3N4O2. The summed E-state index contributed by atoms with van der Waals surface area (Å²) < 4.78 is 5.96. The lowest BCUT2D eigenvalue weighted by molar-refractivity contribution is -0.140. The first-order valence-electron chi connectivity index (χ1n) is 10.1. The highest BCUT2D eigenvalue weighted by Crippen LogP contribution is 2.28. The van der Waals surface area contributed by atoms with E-state index in [0.29, 0.717) is 6.04 Å². The fourth-order valence-corrected chi connectivity index (χ4v) is 4.45. The summed E-state index contributed by atoms with van der Waals surface area (Å²) in [5, 5.41) is 0. The molecule has 0 aromatic heterocycles. The van der Waals surface area contributed by atoms with Crippen LogP contribution in [0.4, 0.5) is 0 Å². The highest BCUT2D eigenvalue weighted by Gasteiger charge is 2.39. The van der Waals surface area contributed by atoms with Gasteiger partial charge in [-0.25, -0.2) is 0 Å². The Labute approximate surface area is 189 Å². The normalized spacial score (nSPS) is 26.0. The highest BCUT2D eigenvalue weighted by atomic mass is 35.5. The number of hydrogen-bond donors (Lipinski definition) is 1. The molecule has 3 rings (SSSR count). The van der Waals surface area contributed by atoms with E-state index in [4.69, 9.17) is 10.5 Å². The van der Waals surface area contributed by atoms with Crippen LogP contribution in [0, 0.1) is 0 Å². The Morgan fingerprint density at radius 3 is 2.21 bits per heavy atom. The Bertz CT molecular complexity index is 456. The topological polar surface area (TPSA) is 62.0 Å². The van der Waals surface area contributed by atoms with E-state index in [1.165, 1.54) is 6.42 Å². The van der Waals surface area contributed by atoms with Crippen molar-refractivity contribution in [2.75, 3.05) is 52.4 Å². The fraction of sp³-hybridized carbons (Fsp3) is 0.947. The number of nitrogens with zero attached hydrogens (tertiary/aromatic N) is 3. The highest BCUT2D eigenvalue weighted by molar-refractivity contribution is 5.86. The van der Waals surface area contributed by atoms with E-state index >= 15 is 0 Å². The van der Waals surface area contributed by atoms with Gasteiger partial charge in [-0.05, 0) is 26.7 Å². The molecule has 0 radical (unpaired) electrons. The third-order valence-electron chi connectivity index (χ3n) is 6.19. The molecule has 3 aliphatic rings. The van der Waals surface area contributed by atoms with Crippen molar-refractivity contribution in [3.63, 3.8) is 0 Å². The van der Waals surface area contributed by atoms with E-state index in [1.807, 2.05) is 4.90 Å². The van der Waals surface area contributed by atoms with Crippen molar-refractivity contribution in [1.29, 1.82) is 0 Å². The second-order valence-corrected chi connectivity index (χ2v) is 8.39. The summed E-state index contributed by atoms with van der Waals surface area (Å²) in [5.74, 6) is 0.187. The number of halogens is 3. The molecule has 2 N–H and O–H groups in total. The molecule has 1 aliphatic carbocycles. The Morgan fingerprint density at radius 1 is 1.04 bits per heavy atom. The maximum Gasteiger partial charge on any atom is 0.242 e. The van der Waals surface area contributed by atoms with Crippen molar-refractivity contribution in [3.05, 3.63) is 0 Å². The van der Waals surface area contributed by atoms with Crippen molar-refractivity contribution >= 4 is 43.1 Å². The van der Waals surface area contributed by atoms with Gasteiger partial charge in [0.1, 0.15) is 0 Å². The van der Waals surface area contributed by atoms with E-state index in [1.54, 1.807) is 0 Å². The molecule has 2 saturated heterocycles. The van der Waals surface area contributed by atoms with Gasteiger partial charge in [0.05, 0.1) is 18.2 Å². The van der Waals surface area contributed by atoms with Crippen LogP contribution >= 0.6 is 37.2 Å². The van der Waals surface area contributed by atoms with Gasteiger partial charge in [0.25, 0.3) is 0 Å². The molecule has 1 atom stereocenters. The molecular weight excluding hydrogens is 423 g/mol. The van der Waals surface area contributed by atoms with Crippen molar-refractivity contribution in [2.24, 2.45) is 5.73 Å². The van der Waals surface area contributed by atoms with Crippen LogP contribution in [0.5, 0.6) is 0 Å². The fourth-order valence-electron chi connectivity index (χ4n) is 4.45. The first-order chi connectivity index (χ1) is 12.0. The van der Waals surface area contributed by atoms with Gasteiger partial charge in [-0.15, -0.1) is 37.2 Å². The molecule has 1 amide bonds. The van der Waals surface area contributed by atoms with Crippen LogP contribution < -0.4 is 5.73 Å². The standard InChI is InChI=1S/C19H36N4O2.3ClH/c1-16(2)23-12-13-25-17(15-23)14-21-8-10-22(11-9-21)18(24)19(20)6-4-3-5-7-19;;;/h16-17H,3-15,20H2,1-2H3;3*1H. The Kier molecular flexibility index (Phi) is 12.9. The van der Waals surface area contributed by atoms with Crippen molar-refractivity contribution in [3.8, 4) is 0 Å². The van der Waals surface area contributed by atoms with E-state index in [0.717, 1.165) is 78.1 Å². The number of carbonyl (C=O) groups is 1. The van der Waals surface area contributed by atoms with Crippen molar-refractivity contribution in [2.45, 2.75) is 63.6 Å². The number of amides is 1. The van der Waals surface area contributed by atoms with E-state index in [-0.39, 0.29) is 49.2 Å². The Morgan fingerprint density at radius 2 is 1.64 bits per heavy atom. The minimum absolute atomic E-state index is 0. The van der Waals surface area contributed by atoms with Gasteiger partial charge < -0.3 is 15.4 Å². The molecule has 1 saturated carbocycles. The molecule has 2 heterocycles. The predicted octanol–water partition coefficient (Wildman–Crippen LogP) is 2.17. The quantitative estimate of drug-likeness (QED) is 0.695. The number of rotatable bonds is 4. The first-order valence-corrected chi connectivity index (χ1v) is 10.1. The summed E-state index contributed by atoms with van der Waals surface area (Å²) in [7, 11) is 0. The van der Waals surface area contributed by atoms with Crippen molar-refractivity contribution in [1.82, 2.24) is 14.7 Å². The molecule has 2 aliphatic heterocycles. The molecule has 9 heteroatoms. The SMILES string of the molecule is CC(C)N1CCOC(CN2CCN(C(=O)C3(N)CCCCC3)CC2)C1.Cl.Cl.Cl. The molecule has 0 aromatic rings. The lowest BCUT2D eigenvalue weighted by Crippen LogP contribution is -2.61. The Hall–Kier alpha value is 0.180. The largest absolute Gasteiger partial charge is 0.374 e. The average Bonchev–Trinajstić information content (AvgIpc) is 2.62. The Balaban J connectivity index is 0.00000243. The molecule has 1 unspecified atom stereocenters. The lowest BCUT2D eigenvalue weighted by atomic mass is 9.81. The van der Waals surface area contributed by atoms with Gasteiger partial charge >= 0.3 is 0 Å². The monoisotopic (exact) mass is 460 g/mol. The molecule has 0 bridgehead atoms. The third-order valence-corrected chi connectivity index (χ3v) is 6.19. The first kappa shape index (κ1) is 28.2.